The van der Waals surface area contributed by atoms with Crippen LogP contribution in [0.2, 0.25) is 0 Å². The Morgan fingerprint density at radius 2 is 1.53 bits per heavy atom. The highest BCUT2D eigenvalue weighted by atomic mass is 19.1. The lowest BCUT2D eigenvalue weighted by Gasteiger charge is -1.95. The number of nitrogens with zero attached hydrogens (tertiary/aromatic N) is 1. The van der Waals surface area contributed by atoms with Crippen molar-refractivity contribution in [2.24, 2.45) is 4.99 Å². The molecule has 0 aliphatic carbocycles. The standard InChI is InChI=1S/C13H10FN/c14-13-9-5-4-6-11(13)10-15-12-7-2-1-3-8-12/h1-10H/b15-10+. The maximum absolute atomic E-state index is 13.2. The molecule has 0 fully saturated rings. The van der Waals surface area contributed by atoms with Gasteiger partial charge in [-0.2, -0.15) is 0 Å². The molecule has 0 saturated heterocycles. The summed E-state index contributed by atoms with van der Waals surface area (Å²) in [5.41, 5.74) is 1.32. The second-order valence-corrected chi connectivity index (χ2v) is 3.12. The van der Waals surface area contributed by atoms with E-state index in [1.165, 1.54) is 12.3 Å². The van der Waals surface area contributed by atoms with Gasteiger partial charge in [-0.15, -0.1) is 0 Å². The molecule has 2 heteroatoms. The molecule has 0 aromatic heterocycles. The Morgan fingerprint density at radius 3 is 2.27 bits per heavy atom. The number of benzene rings is 2. The zero-order chi connectivity index (χ0) is 10.5. The average Bonchev–Trinajstić information content (AvgIpc) is 2.29. The van der Waals surface area contributed by atoms with Crippen LogP contribution in [0.25, 0.3) is 0 Å². The van der Waals surface area contributed by atoms with Crippen molar-refractivity contribution in [3.05, 3.63) is 66.0 Å². The summed E-state index contributed by atoms with van der Waals surface area (Å²) in [6.45, 7) is 0. The number of hydrogen-bond acceptors (Lipinski definition) is 1. The number of hydrogen-bond donors (Lipinski definition) is 0. The topological polar surface area (TPSA) is 12.4 Å². The molecular weight excluding hydrogens is 189 g/mol. The number of rotatable bonds is 2. The quantitative estimate of drug-likeness (QED) is 0.655. The van der Waals surface area contributed by atoms with Crippen LogP contribution >= 0.6 is 0 Å². The van der Waals surface area contributed by atoms with Crippen LogP contribution in [-0.2, 0) is 0 Å². The van der Waals surface area contributed by atoms with Crippen molar-refractivity contribution >= 4 is 11.9 Å². The molecule has 0 unspecified atom stereocenters. The highest BCUT2D eigenvalue weighted by molar-refractivity contribution is 5.82. The molecule has 0 aliphatic heterocycles. The highest BCUT2D eigenvalue weighted by Crippen LogP contribution is 2.10. The summed E-state index contributed by atoms with van der Waals surface area (Å²) in [6, 6.07) is 16.0. The predicted molar refractivity (Wildman–Crippen MR) is 60.1 cm³/mol. The Kier molecular flexibility index (Phi) is 2.88. The van der Waals surface area contributed by atoms with E-state index in [-0.39, 0.29) is 5.82 Å². The van der Waals surface area contributed by atoms with E-state index in [1.54, 1.807) is 18.2 Å². The minimum Gasteiger partial charge on any atom is -0.256 e. The second kappa shape index (κ2) is 4.51. The summed E-state index contributed by atoms with van der Waals surface area (Å²) in [5, 5.41) is 0. The predicted octanol–water partition coefficient (Wildman–Crippen LogP) is 3.58. The van der Waals surface area contributed by atoms with Gasteiger partial charge in [0.15, 0.2) is 0 Å². The van der Waals surface area contributed by atoms with E-state index >= 15 is 0 Å². The Bertz CT molecular complexity index is 463. The molecule has 1 nitrogen and oxygen atoms in total. The van der Waals surface area contributed by atoms with E-state index in [1.807, 2.05) is 30.3 Å². The molecule has 74 valence electrons. The van der Waals surface area contributed by atoms with E-state index in [9.17, 15) is 4.39 Å². The molecule has 0 saturated carbocycles. The van der Waals surface area contributed by atoms with Gasteiger partial charge in [-0.05, 0) is 18.2 Å². The van der Waals surface area contributed by atoms with Gasteiger partial charge in [-0.1, -0.05) is 36.4 Å². The summed E-state index contributed by atoms with van der Waals surface area (Å²) in [4.78, 5) is 4.17. The Labute approximate surface area is 87.9 Å². The van der Waals surface area contributed by atoms with Crippen LogP contribution in [0.4, 0.5) is 10.1 Å². The first-order valence-electron chi connectivity index (χ1n) is 4.70. The maximum atomic E-state index is 13.2. The molecule has 0 amide bonds. The summed E-state index contributed by atoms with van der Waals surface area (Å²) in [5.74, 6) is -0.253. The third-order valence-electron chi connectivity index (χ3n) is 2.01. The van der Waals surface area contributed by atoms with Crippen LogP contribution in [0.15, 0.2) is 59.6 Å². The van der Waals surface area contributed by atoms with Gasteiger partial charge in [0.1, 0.15) is 5.82 Å². The van der Waals surface area contributed by atoms with Crippen molar-refractivity contribution < 1.29 is 4.39 Å². The van der Waals surface area contributed by atoms with Gasteiger partial charge < -0.3 is 0 Å². The summed E-state index contributed by atoms with van der Waals surface area (Å²) in [6.07, 6.45) is 1.53. The first-order chi connectivity index (χ1) is 7.36. The van der Waals surface area contributed by atoms with E-state index in [0.29, 0.717) is 5.56 Å². The van der Waals surface area contributed by atoms with Gasteiger partial charge in [-0.3, -0.25) is 4.99 Å². The van der Waals surface area contributed by atoms with E-state index in [0.717, 1.165) is 5.69 Å². The molecule has 0 bridgehead atoms. The van der Waals surface area contributed by atoms with Crippen LogP contribution in [0.3, 0.4) is 0 Å². The second-order valence-electron chi connectivity index (χ2n) is 3.12. The SMILES string of the molecule is Fc1ccccc1/C=N/c1ccccc1. The number of halogens is 1. The van der Waals surface area contributed by atoms with Gasteiger partial charge in [0.2, 0.25) is 0 Å². The minimum absolute atomic E-state index is 0.253. The summed E-state index contributed by atoms with van der Waals surface area (Å²) >= 11 is 0. The Balaban J connectivity index is 2.23. The van der Waals surface area contributed by atoms with Gasteiger partial charge in [0, 0.05) is 11.8 Å². The first kappa shape index (κ1) is 9.59. The maximum Gasteiger partial charge on any atom is 0.131 e. The number of para-hydroxylation sites is 1. The molecule has 2 aromatic carbocycles. The lowest BCUT2D eigenvalue weighted by atomic mass is 10.2. The van der Waals surface area contributed by atoms with Crippen molar-refractivity contribution in [1.29, 1.82) is 0 Å². The molecule has 0 atom stereocenters. The Hall–Kier alpha value is -1.96. The summed E-state index contributed by atoms with van der Waals surface area (Å²) < 4.78 is 13.2. The first-order valence-corrected chi connectivity index (χ1v) is 4.70. The third-order valence-corrected chi connectivity index (χ3v) is 2.01. The van der Waals surface area contributed by atoms with Gasteiger partial charge in [-0.25, -0.2) is 4.39 Å². The lowest BCUT2D eigenvalue weighted by Crippen LogP contribution is -1.85. The zero-order valence-electron chi connectivity index (χ0n) is 8.10. The Morgan fingerprint density at radius 1 is 0.867 bits per heavy atom. The van der Waals surface area contributed by atoms with E-state index < -0.39 is 0 Å². The van der Waals surface area contributed by atoms with E-state index in [4.69, 9.17) is 0 Å². The fourth-order valence-corrected chi connectivity index (χ4v) is 1.24. The minimum atomic E-state index is -0.253. The smallest absolute Gasteiger partial charge is 0.131 e. The fraction of sp³-hybridized carbons (Fsp3) is 0. The van der Waals surface area contributed by atoms with Crippen LogP contribution in [0.1, 0.15) is 5.56 Å². The van der Waals surface area contributed by atoms with Crippen LogP contribution in [0, 0.1) is 5.82 Å². The van der Waals surface area contributed by atoms with Crippen LogP contribution in [0.5, 0.6) is 0 Å². The normalized spacial score (nSPS) is 10.7. The third kappa shape index (κ3) is 2.50. The van der Waals surface area contributed by atoms with Crippen molar-refractivity contribution in [3.8, 4) is 0 Å². The average molecular weight is 199 g/mol. The van der Waals surface area contributed by atoms with E-state index in [2.05, 4.69) is 4.99 Å². The molecule has 0 aliphatic rings. The van der Waals surface area contributed by atoms with Crippen LogP contribution < -0.4 is 0 Å². The number of aliphatic imine (C=N–C) groups is 1. The molecule has 0 spiro atoms. The van der Waals surface area contributed by atoms with Gasteiger partial charge in [0.25, 0.3) is 0 Å². The summed E-state index contributed by atoms with van der Waals surface area (Å²) in [7, 11) is 0. The molecular formula is C13H10FN. The van der Waals surface area contributed by atoms with Gasteiger partial charge in [0.05, 0.1) is 5.69 Å². The van der Waals surface area contributed by atoms with Crippen LogP contribution in [-0.4, -0.2) is 6.21 Å². The van der Waals surface area contributed by atoms with Crippen molar-refractivity contribution in [3.63, 3.8) is 0 Å². The van der Waals surface area contributed by atoms with Gasteiger partial charge >= 0.3 is 0 Å². The molecule has 0 radical (unpaired) electrons. The lowest BCUT2D eigenvalue weighted by molar-refractivity contribution is 0.626. The molecule has 0 heterocycles. The molecule has 2 rings (SSSR count). The van der Waals surface area contributed by atoms with Crippen molar-refractivity contribution in [2.75, 3.05) is 0 Å². The molecule has 2 aromatic rings. The largest absolute Gasteiger partial charge is 0.256 e. The monoisotopic (exact) mass is 199 g/mol. The highest BCUT2D eigenvalue weighted by Gasteiger charge is 1.95. The van der Waals surface area contributed by atoms with Crippen molar-refractivity contribution in [1.82, 2.24) is 0 Å². The molecule has 15 heavy (non-hydrogen) atoms. The zero-order valence-corrected chi connectivity index (χ0v) is 8.10. The van der Waals surface area contributed by atoms with Crippen molar-refractivity contribution in [2.45, 2.75) is 0 Å². The fourth-order valence-electron chi connectivity index (χ4n) is 1.24. The molecule has 0 N–H and O–H groups in total.